The quantitative estimate of drug-likeness (QED) is 0.612. The third-order valence-electron chi connectivity index (χ3n) is 4.92. The van der Waals surface area contributed by atoms with E-state index in [2.05, 4.69) is 57.4 Å². The Kier molecular flexibility index (Phi) is 4.70. The summed E-state index contributed by atoms with van der Waals surface area (Å²) in [6.45, 7) is 3.78. The molecule has 0 fully saturated rings. The van der Waals surface area contributed by atoms with Gasteiger partial charge >= 0.3 is 0 Å². The van der Waals surface area contributed by atoms with Gasteiger partial charge in [0.15, 0.2) is 5.11 Å². The number of hydrogen-bond acceptors (Lipinski definition) is 1. The van der Waals surface area contributed by atoms with Crippen LogP contribution in [0, 0.1) is 6.92 Å². The smallest absolute Gasteiger partial charge is 0.174 e. The van der Waals surface area contributed by atoms with Crippen LogP contribution in [0.4, 0.5) is 5.69 Å². The molecule has 0 aliphatic carbocycles. The van der Waals surface area contributed by atoms with E-state index in [-0.39, 0.29) is 6.04 Å². The van der Waals surface area contributed by atoms with Gasteiger partial charge in [-0.05, 0) is 54.5 Å². The summed E-state index contributed by atoms with van der Waals surface area (Å²) < 4.78 is 2.31. The van der Waals surface area contributed by atoms with Crippen molar-refractivity contribution in [3.63, 3.8) is 0 Å². The number of benzene rings is 2. The fraction of sp³-hybridized carbons (Fsp3) is 0.190. The van der Waals surface area contributed by atoms with E-state index in [1.165, 1.54) is 11.3 Å². The molecule has 1 aromatic heterocycles. The molecule has 0 bridgehead atoms. The zero-order chi connectivity index (χ0) is 18.1. The Labute approximate surface area is 164 Å². The Morgan fingerprint density at radius 2 is 1.85 bits per heavy atom. The molecule has 0 radical (unpaired) electrons. The number of nitrogens with one attached hydrogen (secondary N) is 1. The molecular weight excluding hydrogens is 362 g/mol. The van der Waals surface area contributed by atoms with Gasteiger partial charge in [-0.15, -0.1) is 0 Å². The summed E-state index contributed by atoms with van der Waals surface area (Å²) in [4.78, 5) is 2.26. The Hall–Kier alpha value is -2.30. The molecule has 3 aromatic rings. The summed E-state index contributed by atoms with van der Waals surface area (Å²) in [7, 11) is 0. The van der Waals surface area contributed by atoms with Crippen molar-refractivity contribution in [3.05, 3.63) is 88.7 Å². The molecule has 1 atom stereocenters. The molecule has 0 saturated carbocycles. The molecule has 2 heterocycles. The summed E-state index contributed by atoms with van der Waals surface area (Å²) in [6, 6.07) is 20.7. The zero-order valence-electron chi connectivity index (χ0n) is 14.5. The van der Waals surface area contributed by atoms with Gasteiger partial charge in [0, 0.05) is 35.7 Å². The summed E-state index contributed by atoms with van der Waals surface area (Å²) >= 11 is 12.1. The van der Waals surface area contributed by atoms with Gasteiger partial charge in [-0.2, -0.15) is 0 Å². The molecule has 1 aliphatic heterocycles. The summed E-state index contributed by atoms with van der Waals surface area (Å²) in [5, 5.41) is 4.87. The highest BCUT2D eigenvalue weighted by atomic mass is 35.5. The number of halogens is 1. The third kappa shape index (κ3) is 3.11. The van der Waals surface area contributed by atoms with Crippen LogP contribution in [0.2, 0.25) is 5.02 Å². The van der Waals surface area contributed by atoms with Crippen LogP contribution in [0.15, 0.2) is 66.9 Å². The van der Waals surface area contributed by atoms with Crippen molar-refractivity contribution in [2.75, 3.05) is 11.9 Å². The van der Waals surface area contributed by atoms with Crippen LogP contribution in [0.3, 0.4) is 0 Å². The van der Waals surface area contributed by atoms with Gasteiger partial charge in [0.05, 0.1) is 6.04 Å². The van der Waals surface area contributed by atoms with Gasteiger partial charge in [-0.3, -0.25) is 0 Å². The fourth-order valence-corrected chi connectivity index (χ4v) is 4.00. The number of fused-ring (bicyclic) bond motifs is 1. The predicted molar refractivity (Wildman–Crippen MR) is 112 cm³/mol. The third-order valence-corrected chi connectivity index (χ3v) is 5.67. The van der Waals surface area contributed by atoms with Gasteiger partial charge in [0.1, 0.15) is 0 Å². The number of anilines is 1. The van der Waals surface area contributed by atoms with E-state index in [9.17, 15) is 0 Å². The normalized spacial score (nSPS) is 16.2. The summed E-state index contributed by atoms with van der Waals surface area (Å²) in [5.41, 5.74) is 4.46. The van der Waals surface area contributed by atoms with Gasteiger partial charge in [-0.1, -0.05) is 48.0 Å². The average Bonchev–Trinajstić information content (AvgIpc) is 3.14. The lowest BCUT2D eigenvalue weighted by molar-refractivity contribution is 0.293. The highest BCUT2D eigenvalue weighted by Crippen LogP contribution is 2.33. The molecule has 2 aromatic carbocycles. The van der Waals surface area contributed by atoms with Gasteiger partial charge in [0.2, 0.25) is 0 Å². The van der Waals surface area contributed by atoms with Crippen molar-refractivity contribution in [1.29, 1.82) is 0 Å². The SMILES string of the molecule is Cc1c(Cl)cccc1NC(=S)N1CCn2cccc2C1c1ccccc1. The summed E-state index contributed by atoms with van der Waals surface area (Å²) in [5.74, 6) is 0. The average molecular weight is 382 g/mol. The monoisotopic (exact) mass is 381 g/mol. The maximum absolute atomic E-state index is 6.26. The van der Waals surface area contributed by atoms with Crippen LogP contribution in [-0.2, 0) is 6.54 Å². The molecule has 1 unspecified atom stereocenters. The number of rotatable bonds is 2. The first-order chi connectivity index (χ1) is 12.6. The molecule has 1 N–H and O–H groups in total. The second-order valence-electron chi connectivity index (χ2n) is 6.48. The van der Waals surface area contributed by atoms with Crippen LogP contribution in [-0.4, -0.2) is 21.1 Å². The zero-order valence-corrected chi connectivity index (χ0v) is 16.1. The van der Waals surface area contributed by atoms with E-state index < -0.39 is 0 Å². The maximum atomic E-state index is 6.26. The van der Waals surface area contributed by atoms with Gasteiger partial charge < -0.3 is 14.8 Å². The van der Waals surface area contributed by atoms with Gasteiger partial charge in [-0.25, -0.2) is 0 Å². The molecule has 5 heteroatoms. The second-order valence-corrected chi connectivity index (χ2v) is 7.27. The maximum Gasteiger partial charge on any atom is 0.174 e. The molecule has 0 amide bonds. The molecule has 26 heavy (non-hydrogen) atoms. The minimum Gasteiger partial charge on any atom is -0.348 e. The van der Waals surface area contributed by atoms with E-state index in [0.717, 1.165) is 34.5 Å². The minimum atomic E-state index is 0.0967. The topological polar surface area (TPSA) is 20.2 Å². The Morgan fingerprint density at radius 3 is 2.65 bits per heavy atom. The Morgan fingerprint density at radius 1 is 1.04 bits per heavy atom. The van der Waals surface area contributed by atoms with Crippen molar-refractivity contribution in [3.8, 4) is 0 Å². The van der Waals surface area contributed by atoms with E-state index in [1.54, 1.807) is 0 Å². The van der Waals surface area contributed by atoms with E-state index in [1.807, 2.05) is 31.2 Å². The first kappa shape index (κ1) is 17.1. The fourth-order valence-electron chi connectivity index (χ4n) is 3.52. The lowest BCUT2D eigenvalue weighted by Crippen LogP contribution is -2.44. The molecular formula is C21H20ClN3S. The molecule has 3 nitrogen and oxygen atoms in total. The van der Waals surface area contributed by atoms with Crippen LogP contribution < -0.4 is 5.32 Å². The Balaban J connectivity index is 1.68. The largest absolute Gasteiger partial charge is 0.348 e. The van der Waals surface area contributed by atoms with Crippen molar-refractivity contribution in [2.45, 2.75) is 19.5 Å². The van der Waals surface area contributed by atoms with Crippen molar-refractivity contribution in [2.24, 2.45) is 0 Å². The molecule has 132 valence electrons. The second kappa shape index (κ2) is 7.14. The van der Waals surface area contributed by atoms with Gasteiger partial charge in [0.25, 0.3) is 0 Å². The standard InChI is InChI=1S/C21H20ClN3S/c1-15-17(22)9-5-10-18(15)23-21(26)25-14-13-24-12-6-11-19(24)20(25)16-7-3-2-4-8-16/h2-12,20H,13-14H2,1H3,(H,23,26). The lowest BCUT2D eigenvalue weighted by Gasteiger charge is -2.39. The number of nitrogens with zero attached hydrogens (tertiary/aromatic N) is 2. The van der Waals surface area contributed by atoms with Crippen LogP contribution in [0.1, 0.15) is 22.9 Å². The first-order valence-corrected chi connectivity index (χ1v) is 9.46. The van der Waals surface area contributed by atoms with Crippen LogP contribution in [0.5, 0.6) is 0 Å². The van der Waals surface area contributed by atoms with Crippen molar-refractivity contribution in [1.82, 2.24) is 9.47 Å². The molecule has 0 spiro atoms. The summed E-state index contributed by atoms with van der Waals surface area (Å²) in [6.07, 6.45) is 2.14. The molecule has 1 aliphatic rings. The van der Waals surface area contributed by atoms with Crippen molar-refractivity contribution < 1.29 is 0 Å². The predicted octanol–water partition coefficient (Wildman–Crippen LogP) is 5.25. The van der Waals surface area contributed by atoms with E-state index in [4.69, 9.17) is 23.8 Å². The number of aromatic nitrogens is 1. The number of thiocarbonyl (C=S) groups is 1. The highest BCUT2D eigenvalue weighted by molar-refractivity contribution is 7.80. The Bertz CT molecular complexity index is 935. The highest BCUT2D eigenvalue weighted by Gasteiger charge is 2.30. The molecule has 0 saturated heterocycles. The van der Waals surface area contributed by atoms with Crippen LogP contribution in [0.25, 0.3) is 0 Å². The van der Waals surface area contributed by atoms with E-state index >= 15 is 0 Å². The number of hydrogen-bond donors (Lipinski definition) is 1. The van der Waals surface area contributed by atoms with E-state index in [0.29, 0.717) is 0 Å². The minimum absolute atomic E-state index is 0.0967. The molecule has 4 rings (SSSR count). The first-order valence-electron chi connectivity index (χ1n) is 8.68. The lowest BCUT2D eigenvalue weighted by atomic mass is 10.0. The van der Waals surface area contributed by atoms with Crippen molar-refractivity contribution >= 4 is 34.6 Å². The van der Waals surface area contributed by atoms with Crippen LogP contribution >= 0.6 is 23.8 Å².